The Labute approximate surface area is 58.1 Å². The lowest BCUT2D eigenvalue weighted by Crippen LogP contribution is -2.08. The topological polar surface area (TPSA) is 49.1 Å². The Morgan fingerprint density at radius 1 is 1.40 bits per heavy atom. The van der Waals surface area contributed by atoms with Gasteiger partial charge in [-0.05, 0) is 6.08 Å². The van der Waals surface area contributed by atoms with Crippen LogP contribution in [0.5, 0.6) is 0 Å². The normalized spacial score (nSPS) is 20.8. The van der Waals surface area contributed by atoms with E-state index in [1.165, 1.54) is 6.34 Å². The Bertz CT molecular complexity index is 259. The van der Waals surface area contributed by atoms with Crippen LogP contribution in [0.25, 0.3) is 0 Å². The van der Waals surface area contributed by atoms with Gasteiger partial charge < -0.3 is 5.32 Å². The molecule has 2 aliphatic rings. The molecule has 4 heteroatoms. The van der Waals surface area contributed by atoms with Gasteiger partial charge >= 0.3 is 0 Å². The lowest BCUT2D eigenvalue weighted by atomic mass is 10.4. The van der Waals surface area contributed by atoms with Crippen molar-refractivity contribution >= 4 is 18.5 Å². The van der Waals surface area contributed by atoms with Gasteiger partial charge in [0.1, 0.15) is 12.0 Å². The molecule has 10 heavy (non-hydrogen) atoms. The number of hydrogen-bond donors (Lipinski definition) is 1. The van der Waals surface area contributed by atoms with Gasteiger partial charge in [0.05, 0.1) is 6.34 Å². The molecule has 0 aromatic carbocycles. The highest BCUT2D eigenvalue weighted by Crippen LogP contribution is 2.07. The minimum atomic E-state index is 0.699. The summed E-state index contributed by atoms with van der Waals surface area (Å²) in [5, 5.41) is 2.95. The molecule has 4 nitrogen and oxygen atoms in total. The molecule has 2 aliphatic heterocycles. The Balaban J connectivity index is 2.40. The van der Waals surface area contributed by atoms with Gasteiger partial charge in [-0.2, -0.15) is 0 Å². The fourth-order valence-corrected chi connectivity index (χ4v) is 0.828. The van der Waals surface area contributed by atoms with Crippen molar-refractivity contribution in [2.24, 2.45) is 15.0 Å². The summed E-state index contributed by atoms with van der Waals surface area (Å²) in [6.45, 7) is 0.773. The number of fused-ring (bicyclic) bond motifs is 1. The van der Waals surface area contributed by atoms with Crippen molar-refractivity contribution in [3.05, 3.63) is 11.8 Å². The molecule has 0 atom stereocenters. The highest BCUT2D eigenvalue weighted by atomic mass is 15.1. The molecule has 0 aromatic heterocycles. The molecule has 2 rings (SSSR count). The van der Waals surface area contributed by atoms with E-state index < -0.39 is 0 Å². The molecule has 2 heterocycles. The summed E-state index contributed by atoms with van der Waals surface area (Å²) in [7, 11) is 0. The Morgan fingerprint density at radius 3 is 3.40 bits per heavy atom. The van der Waals surface area contributed by atoms with Crippen LogP contribution in [0.4, 0.5) is 0 Å². The van der Waals surface area contributed by atoms with Crippen molar-refractivity contribution in [3.63, 3.8) is 0 Å². The number of amidine groups is 1. The van der Waals surface area contributed by atoms with Crippen molar-refractivity contribution < 1.29 is 0 Å². The third kappa shape index (κ3) is 0.737. The van der Waals surface area contributed by atoms with E-state index in [0.29, 0.717) is 5.84 Å². The predicted octanol–water partition coefficient (Wildman–Crippen LogP) is -0.0578. The summed E-state index contributed by atoms with van der Waals surface area (Å²) < 4.78 is 0. The predicted molar refractivity (Wildman–Crippen MR) is 40.5 cm³/mol. The van der Waals surface area contributed by atoms with Gasteiger partial charge in [-0.1, -0.05) is 0 Å². The van der Waals surface area contributed by atoms with E-state index in [0.717, 1.165) is 12.2 Å². The Kier molecular flexibility index (Phi) is 1.10. The molecule has 1 N–H and O–H groups in total. The third-order valence-corrected chi connectivity index (χ3v) is 1.30. The minimum Gasteiger partial charge on any atom is -0.372 e. The van der Waals surface area contributed by atoms with Crippen molar-refractivity contribution in [1.29, 1.82) is 0 Å². The molecular formula is C6H6N4. The maximum absolute atomic E-state index is 4.01. The standard InChI is InChI=1S/C6H6N4/c1-2-7-3-9-6-5(1)8-4-10-6/h1,3-4H,2H2,(H,7,8,9,10). The second-order valence-corrected chi connectivity index (χ2v) is 1.95. The molecule has 50 valence electrons. The number of aliphatic imine (C=N–C) groups is 3. The maximum atomic E-state index is 4.01. The molecule has 0 aromatic rings. The zero-order valence-corrected chi connectivity index (χ0v) is 5.28. The summed E-state index contributed by atoms with van der Waals surface area (Å²) in [6, 6.07) is 0. The summed E-state index contributed by atoms with van der Waals surface area (Å²) in [6.07, 6.45) is 5.11. The fourth-order valence-electron chi connectivity index (χ4n) is 0.828. The molecule has 0 unspecified atom stereocenters. The highest BCUT2D eigenvalue weighted by molar-refractivity contribution is 6.09. The van der Waals surface area contributed by atoms with E-state index in [2.05, 4.69) is 20.3 Å². The molecule has 0 fully saturated rings. The maximum Gasteiger partial charge on any atom is 0.180 e. The summed E-state index contributed by atoms with van der Waals surface area (Å²) in [4.78, 5) is 11.9. The van der Waals surface area contributed by atoms with Crippen molar-refractivity contribution in [2.45, 2.75) is 0 Å². The lowest BCUT2D eigenvalue weighted by molar-refractivity contribution is 1.07. The van der Waals surface area contributed by atoms with Crippen molar-refractivity contribution in [2.75, 3.05) is 6.54 Å². The van der Waals surface area contributed by atoms with Crippen molar-refractivity contribution in [1.82, 2.24) is 5.32 Å². The van der Waals surface area contributed by atoms with Gasteiger partial charge in [-0.15, -0.1) is 0 Å². The molecular weight excluding hydrogens is 128 g/mol. The largest absolute Gasteiger partial charge is 0.372 e. The first-order valence-corrected chi connectivity index (χ1v) is 3.03. The minimum absolute atomic E-state index is 0.699. The van der Waals surface area contributed by atoms with Gasteiger partial charge in [-0.25, -0.2) is 15.0 Å². The van der Waals surface area contributed by atoms with E-state index in [4.69, 9.17) is 0 Å². The molecule has 0 saturated heterocycles. The van der Waals surface area contributed by atoms with E-state index in [1.807, 2.05) is 6.08 Å². The van der Waals surface area contributed by atoms with Crippen LogP contribution < -0.4 is 5.32 Å². The van der Waals surface area contributed by atoms with Gasteiger partial charge in [-0.3, -0.25) is 0 Å². The van der Waals surface area contributed by atoms with E-state index in [1.54, 1.807) is 6.34 Å². The van der Waals surface area contributed by atoms with Crippen LogP contribution in [0.15, 0.2) is 26.8 Å². The number of hydrogen-bond acceptors (Lipinski definition) is 4. The molecule has 0 bridgehead atoms. The first-order valence-electron chi connectivity index (χ1n) is 3.03. The summed E-state index contributed by atoms with van der Waals surface area (Å²) >= 11 is 0. The average Bonchev–Trinajstić information content (AvgIpc) is 2.28. The highest BCUT2D eigenvalue weighted by Gasteiger charge is 2.08. The zero-order valence-electron chi connectivity index (χ0n) is 5.28. The van der Waals surface area contributed by atoms with E-state index >= 15 is 0 Å². The number of rotatable bonds is 0. The molecule has 0 amide bonds. The third-order valence-electron chi connectivity index (χ3n) is 1.30. The smallest absolute Gasteiger partial charge is 0.180 e. The fraction of sp³-hybridized carbons (Fsp3) is 0.167. The second kappa shape index (κ2) is 2.06. The van der Waals surface area contributed by atoms with E-state index in [9.17, 15) is 0 Å². The zero-order chi connectivity index (χ0) is 6.81. The Hall–Kier alpha value is -1.45. The van der Waals surface area contributed by atoms with Gasteiger partial charge in [0, 0.05) is 6.54 Å². The number of nitrogens with zero attached hydrogens (tertiary/aromatic N) is 3. The first-order chi connectivity index (χ1) is 4.97. The Morgan fingerprint density at radius 2 is 2.40 bits per heavy atom. The van der Waals surface area contributed by atoms with E-state index in [-0.39, 0.29) is 0 Å². The van der Waals surface area contributed by atoms with Gasteiger partial charge in [0.15, 0.2) is 5.84 Å². The second-order valence-electron chi connectivity index (χ2n) is 1.95. The van der Waals surface area contributed by atoms with Crippen LogP contribution >= 0.6 is 0 Å². The van der Waals surface area contributed by atoms with Crippen LogP contribution in [0, 0.1) is 0 Å². The van der Waals surface area contributed by atoms with Crippen LogP contribution in [0.2, 0.25) is 0 Å². The lowest BCUT2D eigenvalue weighted by Gasteiger charge is -1.87. The summed E-state index contributed by atoms with van der Waals surface area (Å²) in [5.41, 5.74) is 0.862. The van der Waals surface area contributed by atoms with Gasteiger partial charge in [0.25, 0.3) is 0 Å². The van der Waals surface area contributed by atoms with Crippen LogP contribution in [0.1, 0.15) is 0 Å². The van der Waals surface area contributed by atoms with Crippen LogP contribution in [0.3, 0.4) is 0 Å². The number of nitrogens with one attached hydrogen (secondary N) is 1. The first kappa shape index (κ1) is 5.34. The monoisotopic (exact) mass is 134 g/mol. The molecule has 0 aliphatic carbocycles. The molecule has 0 saturated carbocycles. The van der Waals surface area contributed by atoms with Gasteiger partial charge in [0.2, 0.25) is 0 Å². The van der Waals surface area contributed by atoms with Crippen molar-refractivity contribution in [3.8, 4) is 0 Å². The summed E-state index contributed by atoms with van der Waals surface area (Å²) in [5.74, 6) is 0.699. The quantitative estimate of drug-likeness (QED) is 0.495. The molecule has 0 radical (unpaired) electrons. The molecule has 0 spiro atoms. The SMILES string of the molecule is C1=NC2=CCNC=NC2=N1. The average molecular weight is 134 g/mol. The van der Waals surface area contributed by atoms with Crippen LogP contribution in [-0.4, -0.2) is 25.1 Å². The van der Waals surface area contributed by atoms with Crippen LogP contribution in [-0.2, 0) is 0 Å².